The average molecular weight is 617 g/mol. The molecule has 42 heavy (non-hydrogen) atoms. The number of piperidine rings is 1. The molecule has 0 atom stereocenters. The Morgan fingerprint density at radius 2 is 1.67 bits per heavy atom. The fraction of sp³-hybridized carbons (Fsp3) is 0.529. The second kappa shape index (κ2) is 19.6. The molecule has 230 valence electrons. The summed E-state index contributed by atoms with van der Waals surface area (Å²) >= 11 is 11.9. The first kappa shape index (κ1) is 34.0. The number of likely N-dealkylation sites (tertiary alicyclic amines) is 1. The zero-order chi connectivity index (χ0) is 30.0. The number of nitrogens with zero attached hydrogens (tertiary/aromatic N) is 1. The molecule has 6 nitrogen and oxygen atoms in total. The van der Waals surface area contributed by atoms with Crippen molar-refractivity contribution in [1.82, 2.24) is 15.5 Å². The van der Waals surface area contributed by atoms with Gasteiger partial charge in [-0.25, -0.2) is 0 Å². The molecule has 1 saturated heterocycles. The molecule has 1 aliphatic rings. The largest absolute Gasteiger partial charge is 0.494 e. The average Bonchev–Trinajstić information content (AvgIpc) is 3.00. The zero-order valence-corrected chi connectivity index (χ0v) is 26.5. The number of unbranched alkanes of at least 4 members (excludes halogenated alkanes) is 5. The predicted molar refractivity (Wildman–Crippen MR) is 175 cm³/mol. The minimum absolute atomic E-state index is 0.0133. The highest BCUT2D eigenvalue weighted by molar-refractivity contribution is 6.42. The zero-order valence-electron chi connectivity index (χ0n) is 25.0. The van der Waals surface area contributed by atoms with E-state index in [0.717, 1.165) is 69.7 Å². The van der Waals surface area contributed by atoms with Crippen molar-refractivity contribution in [2.45, 2.75) is 71.1 Å². The van der Waals surface area contributed by atoms with Crippen LogP contribution in [0.15, 0.2) is 48.5 Å². The fourth-order valence-corrected chi connectivity index (χ4v) is 5.41. The molecule has 0 aliphatic carbocycles. The van der Waals surface area contributed by atoms with Gasteiger partial charge in [0.2, 0.25) is 5.91 Å². The monoisotopic (exact) mass is 615 g/mol. The summed E-state index contributed by atoms with van der Waals surface area (Å²) in [7, 11) is 0. The highest BCUT2D eigenvalue weighted by atomic mass is 35.5. The van der Waals surface area contributed by atoms with E-state index in [9.17, 15) is 9.59 Å². The van der Waals surface area contributed by atoms with E-state index in [-0.39, 0.29) is 11.8 Å². The molecule has 0 spiro atoms. The molecule has 8 heteroatoms. The van der Waals surface area contributed by atoms with Gasteiger partial charge >= 0.3 is 0 Å². The number of nitrogens with one attached hydrogen (secondary N) is 2. The van der Waals surface area contributed by atoms with Gasteiger partial charge in [-0.05, 0) is 112 Å². The maximum absolute atomic E-state index is 12.5. The van der Waals surface area contributed by atoms with E-state index in [0.29, 0.717) is 34.6 Å². The molecule has 0 aromatic heterocycles. The predicted octanol–water partition coefficient (Wildman–Crippen LogP) is 7.78. The van der Waals surface area contributed by atoms with Gasteiger partial charge < -0.3 is 20.3 Å². The van der Waals surface area contributed by atoms with Crippen molar-refractivity contribution in [3.63, 3.8) is 0 Å². The van der Waals surface area contributed by atoms with Gasteiger partial charge in [-0.2, -0.15) is 0 Å². The molecule has 0 saturated carbocycles. The number of ether oxygens (including phenoxy) is 1. The molecule has 2 N–H and O–H groups in total. The van der Waals surface area contributed by atoms with E-state index < -0.39 is 0 Å². The van der Waals surface area contributed by atoms with Crippen molar-refractivity contribution < 1.29 is 14.3 Å². The van der Waals surface area contributed by atoms with Crippen molar-refractivity contribution >= 4 is 41.1 Å². The lowest BCUT2D eigenvalue weighted by molar-refractivity contribution is -0.116. The lowest BCUT2D eigenvalue weighted by Crippen LogP contribution is -2.35. The molecule has 1 fully saturated rings. The smallest absolute Gasteiger partial charge is 0.251 e. The van der Waals surface area contributed by atoms with Gasteiger partial charge in [-0.3, -0.25) is 9.59 Å². The number of carbonyl (C=O) groups excluding carboxylic acids is 2. The molecule has 0 bridgehead atoms. The number of hydrogen-bond donors (Lipinski definition) is 2. The van der Waals surface area contributed by atoms with Crippen LogP contribution in [0.4, 0.5) is 0 Å². The first-order valence-electron chi connectivity index (χ1n) is 15.6. The van der Waals surface area contributed by atoms with Crippen LogP contribution in [0.25, 0.3) is 6.08 Å². The van der Waals surface area contributed by atoms with Crippen molar-refractivity contribution in [2.75, 3.05) is 39.3 Å². The molecule has 0 radical (unpaired) electrons. The molecule has 3 rings (SSSR count). The topological polar surface area (TPSA) is 70.7 Å². The molecule has 2 aromatic carbocycles. The summed E-state index contributed by atoms with van der Waals surface area (Å²) in [4.78, 5) is 27.1. The second-order valence-electron chi connectivity index (χ2n) is 11.1. The third-order valence-corrected chi connectivity index (χ3v) is 8.49. The van der Waals surface area contributed by atoms with E-state index in [1.165, 1.54) is 38.2 Å². The van der Waals surface area contributed by atoms with E-state index >= 15 is 0 Å². The molecule has 2 amide bonds. The van der Waals surface area contributed by atoms with Crippen LogP contribution in [0.3, 0.4) is 0 Å². The van der Waals surface area contributed by atoms with Crippen LogP contribution in [-0.2, 0) is 4.79 Å². The third-order valence-electron chi connectivity index (χ3n) is 7.75. The van der Waals surface area contributed by atoms with Gasteiger partial charge in [0.15, 0.2) is 0 Å². The van der Waals surface area contributed by atoms with Crippen LogP contribution in [-0.4, -0.2) is 56.0 Å². The van der Waals surface area contributed by atoms with Crippen molar-refractivity contribution in [2.24, 2.45) is 5.92 Å². The maximum Gasteiger partial charge on any atom is 0.251 e. The van der Waals surface area contributed by atoms with Crippen molar-refractivity contribution in [3.05, 3.63) is 69.7 Å². The molecule has 1 heterocycles. The Morgan fingerprint density at radius 1 is 0.905 bits per heavy atom. The van der Waals surface area contributed by atoms with Gasteiger partial charge in [-0.1, -0.05) is 61.9 Å². The minimum atomic E-state index is -0.102. The summed E-state index contributed by atoms with van der Waals surface area (Å²) in [5.74, 6) is 1.37. The van der Waals surface area contributed by atoms with Crippen LogP contribution in [0.5, 0.6) is 5.75 Å². The SMILES string of the molecule is CCCCCCOc1ccc(C(=O)NCCC2CCN(CCCCCNC(=O)/C=C/c3ccc(Cl)c(Cl)c3)CC2)cc1. The Labute approximate surface area is 262 Å². The van der Waals surface area contributed by atoms with E-state index in [1.54, 1.807) is 18.2 Å². The summed E-state index contributed by atoms with van der Waals surface area (Å²) in [6, 6.07) is 12.8. The second-order valence-corrected chi connectivity index (χ2v) is 11.9. The highest BCUT2D eigenvalue weighted by Gasteiger charge is 2.19. The Hall–Kier alpha value is -2.54. The van der Waals surface area contributed by atoms with Gasteiger partial charge in [0.05, 0.1) is 16.7 Å². The Bertz CT molecular complexity index is 1120. The fourth-order valence-electron chi connectivity index (χ4n) is 5.11. The summed E-state index contributed by atoms with van der Waals surface area (Å²) in [5, 5.41) is 7.01. The maximum atomic E-state index is 12.5. The van der Waals surface area contributed by atoms with E-state index in [1.807, 2.05) is 30.3 Å². The summed E-state index contributed by atoms with van der Waals surface area (Å²) in [5.41, 5.74) is 1.52. The molecule has 1 aliphatic heterocycles. The Kier molecular flexibility index (Phi) is 15.9. The summed E-state index contributed by atoms with van der Waals surface area (Å²) < 4.78 is 5.77. The number of rotatable bonds is 18. The van der Waals surface area contributed by atoms with Gasteiger partial charge in [0.25, 0.3) is 5.91 Å². The van der Waals surface area contributed by atoms with Crippen LogP contribution < -0.4 is 15.4 Å². The Balaban J connectivity index is 1.18. The van der Waals surface area contributed by atoms with Crippen molar-refractivity contribution in [3.8, 4) is 5.75 Å². The molecular formula is C34H47Cl2N3O3. The van der Waals surface area contributed by atoms with Crippen LogP contribution >= 0.6 is 23.2 Å². The third kappa shape index (κ3) is 13.2. The summed E-state index contributed by atoms with van der Waals surface area (Å²) in [6.45, 7) is 7.67. The van der Waals surface area contributed by atoms with Crippen LogP contribution in [0.1, 0.15) is 87.1 Å². The Morgan fingerprint density at radius 3 is 2.40 bits per heavy atom. The van der Waals surface area contributed by atoms with E-state index in [4.69, 9.17) is 27.9 Å². The number of hydrogen-bond acceptors (Lipinski definition) is 4. The van der Waals surface area contributed by atoms with Gasteiger partial charge in [-0.15, -0.1) is 0 Å². The van der Waals surface area contributed by atoms with E-state index in [2.05, 4.69) is 22.5 Å². The number of benzene rings is 2. The quantitative estimate of drug-likeness (QED) is 0.133. The summed E-state index contributed by atoms with van der Waals surface area (Å²) in [6.07, 6.45) is 14.6. The first-order valence-corrected chi connectivity index (χ1v) is 16.3. The highest BCUT2D eigenvalue weighted by Crippen LogP contribution is 2.23. The number of halogens is 2. The van der Waals surface area contributed by atoms with Crippen LogP contribution in [0.2, 0.25) is 10.0 Å². The normalized spacial score (nSPS) is 14.3. The van der Waals surface area contributed by atoms with Crippen LogP contribution in [0, 0.1) is 5.92 Å². The lowest BCUT2D eigenvalue weighted by atomic mass is 9.93. The molecule has 0 unspecified atom stereocenters. The first-order chi connectivity index (χ1) is 20.4. The molecular weight excluding hydrogens is 569 g/mol. The molecule has 2 aromatic rings. The minimum Gasteiger partial charge on any atom is -0.494 e. The standard InChI is InChI=1S/C34H47Cl2N3O3/c1-2-3-4-8-25-42-30-13-11-29(12-14-30)34(41)38-21-17-27-18-23-39(24-19-27)22-7-5-6-20-37-33(40)16-10-28-9-15-31(35)32(36)26-28/h9-16,26-27H,2-8,17-25H2,1H3,(H,37,40)(H,38,41)/b16-10+. The van der Waals surface area contributed by atoms with Gasteiger partial charge in [0.1, 0.15) is 5.75 Å². The number of amides is 2. The van der Waals surface area contributed by atoms with Crippen molar-refractivity contribution in [1.29, 1.82) is 0 Å². The van der Waals surface area contributed by atoms with Gasteiger partial charge in [0, 0.05) is 24.7 Å². The number of carbonyl (C=O) groups is 2. The lowest BCUT2D eigenvalue weighted by Gasteiger charge is -2.32.